The zero-order valence-electron chi connectivity index (χ0n) is 21.9. The number of nitrogens with one attached hydrogen (secondary N) is 1. The van der Waals surface area contributed by atoms with Crippen LogP contribution in [0.4, 0.5) is 0 Å². The molecule has 0 aliphatic carbocycles. The van der Waals surface area contributed by atoms with Gasteiger partial charge in [0.25, 0.3) is 0 Å². The van der Waals surface area contributed by atoms with E-state index in [1.54, 1.807) is 69.5 Å². The number of carboxylic acids is 2. The third kappa shape index (κ3) is 5.09. The van der Waals surface area contributed by atoms with Gasteiger partial charge in [0, 0.05) is 29.4 Å². The lowest BCUT2D eigenvalue weighted by Crippen LogP contribution is -2.69. The maximum atomic E-state index is 13.3. The molecule has 5 unspecified atom stereocenters. The highest BCUT2D eigenvalue weighted by molar-refractivity contribution is 6.30. The molecule has 0 aromatic heterocycles. The lowest BCUT2D eigenvalue weighted by Gasteiger charge is -2.57. The highest BCUT2D eigenvalue weighted by atomic mass is 35.5. The fourth-order valence-corrected chi connectivity index (χ4v) is 6.19. The van der Waals surface area contributed by atoms with E-state index >= 15 is 0 Å². The maximum absolute atomic E-state index is 13.3. The van der Waals surface area contributed by atoms with E-state index < -0.39 is 40.8 Å². The number of aliphatic carboxylic acids is 2. The Morgan fingerprint density at radius 1 is 1.05 bits per heavy atom. The molecular formula is C29H33ClN2O6. The highest BCUT2D eigenvalue weighted by Crippen LogP contribution is 2.59. The van der Waals surface area contributed by atoms with Crippen LogP contribution < -0.4 is 14.8 Å². The van der Waals surface area contributed by atoms with Crippen LogP contribution in [-0.2, 0) is 9.59 Å². The number of hydrogen-bond acceptors (Lipinski definition) is 6. The zero-order valence-corrected chi connectivity index (χ0v) is 22.7. The normalized spacial score (nSPS) is 27.0. The summed E-state index contributed by atoms with van der Waals surface area (Å²) in [6, 6.07) is 12.9. The molecule has 1 aliphatic heterocycles. The Balaban J connectivity index is 2.22. The smallest absolute Gasteiger partial charge is 0.312 e. The molecule has 2 aromatic rings. The number of piperidine rings is 1. The molecule has 0 spiro atoms. The van der Waals surface area contributed by atoms with Crippen LogP contribution in [0.15, 0.2) is 48.5 Å². The molecule has 1 aliphatic rings. The average Bonchev–Trinajstić information content (AvgIpc) is 2.88. The number of halogens is 1. The first kappa shape index (κ1) is 29.0. The molecule has 1 heterocycles. The Morgan fingerprint density at radius 2 is 1.71 bits per heavy atom. The van der Waals surface area contributed by atoms with Gasteiger partial charge < -0.3 is 25.0 Å². The number of allylic oxidation sites excluding steroid dienone is 1. The first-order valence-electron chi connectivity index (χ1n) is 12.3. The predicted molar refractivity (Wildman–Crippen MR) is 144 cm³/mol. The number of nitrogens with zero attached hydrogens (tertiary/aromatic N) is 1. The third-order valence-electron chi connectivity index (χ3n) is 7.88. The van der Waals surface area contributed by atoms with Crippen LogP contribution in [0.2, 0.25) is 5.02 Å². The highest BCUT2D eigenvalue weighted by Gasteiger charge is 2.66. The predicted octanol–water partition coefficient (Wildman–Crippen LogP) is 5.37. The van der Waals surface area contributed by atoms with Gasteiger partial charge >= 0.3 is 11.9 Å². The van der Waals surface area contributed by atoms with Gasteiger partial charge in [-0.1, -0.05) is 42.0 Å². The van der Waals surface area contributed by atoms with Gasteiger partial charge in [-0.25, -0.2) is 0 Å². The minimum atomic E-state index is -1.58. The number of carbonyl (C=O) groups is 2. The van der Waals surface area contributed by atoms with E-state index in [-0.39, 0.29) is 19.3 Å². The summed E-state index contributed by atoms with van der Waals surface area (Å²) in [6.45, 7) is 3.51. The number of carboxylic acid groups (broad SMARTS) is 2. The number of nitriles is 1. The van der Waals surface area contributed by atoms with E-state index in [0.29, 0.717) is 22.1 Å². The Bertz CT molecular complexity index is 1260. The molecule has 3 rings (SSSR count). The summed E-state index contributed by atoms with van der Waals surface area (Å²) in [5, 5.41) is 34.5. The summed E-state index contributed by atoms with van der Waals surface area (Å²) in [5.74, 6) is -2.18. The van der Waals surface area contributed by atoms with Gasteiger partial charge in [0.05, 0.1) is 31.1 Å². The van der Waals surface area contributed by atoms with Crippen molar-refractivity contribution in [2.45, 2.75) is 51.1 Å². The molecule has 202 valence electrons. The Labute approximate surface area is 227 Å². The first-order valence-corrected chi connectivity index (χ1v) is 12.7. The molecule has 0 amide bonds. The van der Waals surface area contributed by atoms with Crippen LogP contribution in [-0.4, -0.2) is 48.5 Å². The standard InChI is InChI=1S/C29H33ClN2O6/c1-18-28(26(33)34,13-6-8-20-11-12-23(37-3)24(16-20)38-4)25(21-9-5-10-22(30)17-21)29(27(35)36,14-7-15-31)19(2)32-18/h5-6,8-12,16-19,25,32H,7,13-14H2,1-4H3,(H,33,34)(H,35,36). The molecule has 1 fully saturated rings. The summed E-state index contributed by atoms with van der Waals surface area (Å²) in [7, 11) is 3.07. The molecule has 5 atom stereocenters. The van der Waals surface area contributed by atoms with Gasteiger partial charge in [0.15, 0.2) is 11.5 Å². The Kier molecular flexibility index (Phi) is 9.08. The fourth-order valence-electron chi connectivity index (χ4n) is 5.99. The largest absolute Gasteiger partial charge is 0.493 e. The van der Waals surface area contributed by atoms with Crippen LogP contribution >= 0.6 is 11.6 Å². The van der Waals surface area contributed by atoms with E-state index in [9.17, 15) is 25.1 Å². The second kappa shape index (κ2) is 11.9. The van der Waals surface area contributed by atoms with Crippen molar-refractivity contribution in [2.24, 2.45) is 10.8 Å². The van der Waals surface area contributed by atoms with Gasteiger partial charge in [-0.3, -0.25) is 9.59 Å². The number of hydrogen-bond donors (Lipinski definition) is 3. The van der Waals surface area contributed by atoms with E-state index in [4.69, 9.17) is 21.1 Å². The third-order valence-corrected chi connectivity index (χ3v) is 8.11. The quantitative estimate of drug-likeness (QED) is 0.367. The van der Waals surface area contributed by atoms with Crippen molar-refractivity contribution < 1.29 is 29.3 Å². The zero-order chi connectivity index (χ0) is 28.1. The molecule has 0 bridgehead atoms. The summed E-state index contributed by atoms with van der Waals surface area (Å²) >= 11 is 6.33. The number of rotatable bonds is 10. The van der Waals surface area contributed by atoms with E-state index in [1.807, 2.05) is 6.07 Å². The lowest BCUT2D eigenvalue weighted by atomic mass is 9.49. The van der Waals surface area contributed by atoms with Gasteiger partial charge in [0.1, 0.15) is 0 Å². The average molecular weight is 541 g/mol. The van der Waals surface area contributed by atoms with Crippen molar-refractivity contribution in [1.82, 2.24) is 5.32 Å². The van der Waals surface area contributed by atoms with E-state index in [2.05, 4.69) is 11.4 Å². The topological polar surface area (TPSA) is 129 Å². The van der Waals surface area contributed by atoms with Crippen molar-refractivity contribution in [3.63, 3.8) is 0 Å². The van der Waals surface area contributed by atoms with Crippen LogP contribution in [0.3, 0.4) is 0 Å². The van der Waals surface area contributed by atoms with Gasteiger partial charge in [0.2, 0.25) is 0 Å². The SMILES string of the molecule is COc1ccc(C=CCC2(C(=O)O)C(C)NC(C)C(CCC#N)(C(=O)O)C2c2cccc(Cl)c2)cc1OC. The van der Waals surface area contributed by atoms with Crippen LogP contribution in [0.25, 0.3) is 6.08 Å². The molecule has 9 heteroatoms. The maximum Gasteiger partial charge on any atom is 0.312 e. The fraction of sp³-hybridized carbons (Fsp3) is 0.414. The summed E-state index contributed by atoms with van der Waals surface area (Å²) in [6.07, 6.45) is 3.49. The van der Waals surface area contributed by atoms with Crippen molar-refractivity contribution >= 4 is 29.6 Å². The second-order valence-corrected chi connectivity index (χ2v) is 10.1. The number of ether oxygens (including phenoxy) is 2. The van der Waals surface area contributed by atoms with Crippen molar-refractivity contribution in [3.8, 4) is 17.6 Å². The minimum Gasteiger partial charge on any atom is -0.493 e. The van der Waals surface area contributed by atoms with Crippen LogP contribution in [0, 0.1) is 22.2 Å². The Morgan fingerprint density at radius 3 is 2.29 bits per heavy atom. The Hall–Kier alpha value is -3.54. The van der Waals surface area contributed by atoms with E-state index in [0.717, 1.165) is 5.56 Å². The van der Waals surface area contributed by atoms with Gasteiger partial charge in [-0.05, 0) is 62.1 Å². The molecule has 2 aromatic carbocycles. The monoisotopic (exact) mass is 540 g/mol. The summed E-state index contributed by atoms with van der Waals surface area (Å²) in [5.41, 5.74) is -1.87. The molecule has 8 nitrogen and oxygen atoms in total. The van der Waals surface area contributed by atoms with E-state index in [1.165, 1.54) is 7.11 Å². The van der Waals surface area contributed by atoms with Crippen LogP contribution in [0.5, 0.6) is 11.5 Å². The molecule has 1 saturated heterocycles. The van der Waals surface area contributed by atoms with Crippen molar-refractivity contribution in [1.29, 1.82) is 5.26 Å². The number of benzene rings is 2. The summed E-state index contributed by atoms with van der Waals surface area (Å²) in [4.78, 5) is 26.4. The molecular weight excluding hydrogens is 508 g/mol. The van der Waals surface area contributed by atoms with Crippen molar-refractivity contribution in [2.75, 3.05) is 14.2 Å². The second-order valence-electron chi connectivity index (χ2n) is 9.67. The number of methoxy groups -OCH3 is 2. The lowest BCUT2D eigenvalue weighted by molar-refractivity contribution is -0.172. The van der Waals surface area contributed by atoms with Gasteiger partial charge in [-0.15, -0.1) is 0 Å². The van der Waals surface area contributed by atoms with Crippen molar-refractivity contribution in [3.05, 3.63) is 64.7 Å². The first-order chi connectivity index (χ1) is 18.1. The molecule has 3 N–H and O–H groups in total. The molecule has 0 saturated carbocycles. The van der Waals surface area contributed by atoms with Crippen LogP contribution in [0.1, 0.15) is 50.2 Å². The summed E-state index contributed by atoms with van der Waals surface area (Å²) < 4.78 is 10.7. The molecule has 0 radical (unpaired) electrons. The molecule has 38 heavy (non-hydrogen) atoms. The van der Waals surface area contributed by atoms with Gasteiger partial charge in [-0.2, -0.15) is 5.26 Å². The minimum absolute atomic E-state index is 0.0225.